The molecular weight excluding hydrogens is 312 g/mol. The van der Waals surface area contributed by atoms with Gasteiger partial charge in [-0.05, 0) is 17.9 Å². The summed E-state index contributed by atoms with van der Waals surface area (Å²) in [6.45, 7) is 8.33. The van der Waals surface area contributed by atoms with Crippen LogP contribution >= 0.6 is 27.3 Å². The Balaban J connectivity index is 1.93. The molecule has 98 valence electrons. The van der Waals surface area contributed by atoms with Crippen LogP contribution in [0, 0.1) is 0 Å². The smallest absolute Gasteiger partial charge is 0.263 e. The van der Waals surface area contributed by atoms with Crippen LogP contribution in [0.3, 0.4) is 0 Å². The van der Waals surface area contributed by atoms with Crippen LogP contribution in [0.4, 0.5) is 0 Å². The van der Waals surface area contributed by atoms with Crippen LogP contribution in [-0.4, -0.2) is 48.4 Å². The molecule has 0 radical (unpaired) electrons. The zero-order valence-corrected chi connectivity index (χ0v) is 12.7. The Labute approximate surface area is 120 Å². The molecule has 0 bridgehead atoms. The number of nitrogens with zero attached hydrogens (tertiary/aromatic N) is 2. The number of hydrogen-bond donors (Lipinski definition) is 0. The summed E-state index contributed by atoms with van der Waals surface area (Å²) in [6, 6.07) is 3.83. The molecule has 3 nitrogen and oxygen atoms in total. The summed E-state index contributed by atoms with van der Waals surface area (Å²) >= 11 is 4.91. The number of rotatable bonds is 3. The van der Waals surface area contributed by atoms with Gasteiger partial charge in [-0.15, -0.1) is 11.3 Å². The first-order valence-corrected chi connectivity index (χ1v) is 7.72. The number of hydrogen-bond acceptors (Lipinski definition) is 3. The number of carbonyl (C=O) groups excluding carboxylic acids is 1. The Morgan fingerprint density at radius 3 is 2.89 bits per heavy atom. The lowest BCUT2D eigenvalue weighted by Gasteiger charge is -2.21. The lowest BCUT2D eigenvalue weighted by atomic mass is 10.3. The highest BCUT2D eigenvalue weighted by atomic mass is 79.9. The van der Waals surface area contributed by atoms with E-state index in [9.17, 15) is 4.79 Å². The second-order valence-corrected chi connectivity index (χ2v) is 6.49. The highest BCUT2D eigenvalue weighted by molar-refractivity contribution is 9.11. The fourth-order valence-electron chi connectivity index (χ4n) is 2.13. The number of thiophene rings is 1. The molecule has 1 saturated heterocycles. The molecule has 0 N–H and O–H groups in total. The summed E-state index contributed by atoms with van der Waals surface area (Å²) in [6.07, 6.45) is 1.03. The van der Waals surface area contributed by atoms with Gasteiger partial charge in [0.15, 0.2) is 0 Å². The molecule has 18 heavy (non-hydrogen) atoms. The van der Waals surface area contributed by atoms with Crippen LogP contribution in [0.5, 0.6) is 0 Å². The minimum atomic E-state index is 0.171. The fraction of sp³-hybridized carbons (Fsp3) is 0.462. The molecule has 0 atom stereocenters. The lowest BCUT2D eigenvalue weighted by Crippen LogP contribution is -2.35. The van der Waals surface area contributed by atoms with Crippen molar-refractivity contribution in [1.29, 1.82) is 0 Å². The van der Waals surface area contributed by atoms with Crippen molar-refractivity contribution in [2.75, 3.05) is 32.7 Å². The van der Waals surface area contributed by atoms with E-state index < -0.39 is 0 Å². The van der Waals surface area contributed by atoms with E-state index in [1.165, 1.54) is 11.3 Å². The first-order valence-electron chi connectivity index (χ1n) is 6.05. The number of carbonyl (C=O) groups is 1. The minimum absolute atomic E-state index is 0.171. The van der Waals surface area contributed by atoms with E-state index in [0.29, 0.717) is 0 Å². The van der Waals surface area contributed by atoms with Crippen molar-refractivity contribution >= 4 is 33.2 Å². The van der Waals surface area contributed by atoms with E-state index in [1.54, 1.807) is 0 Å². The van der Waals surface area contributed by atoms with E-state index in [2.05, 4.69) is 27.4 Å². The normalized spacial score (nSPS) is 17.5. The van der Waals surface area contributed by atoms with Gasteiger partial charge in [0.2, 0.25) is 0 Å². The third kappa shape index (κ3) is 3.67. The van der Waals surface area contributed by atoms with Gasteiger partial charge in [-0.25, -0.2) is 0 Å². The largest absolute Gasteiger partial charge is 0.337 e. The van der Waals surface area contributed by atoms with Gasteiger partial charge in [0, 0.05) is 37.2 Å². The van der Waals surface area contributed by atoms with Gasteiger partial charge in [-0.3, -0.25) is 9.69 Å². The van der Waals surface area contributed by atoms with Gasteiger partial charge in [0.25, 0.3) is 5.91 Å². The summed E-state index contributed by atoms with van der Waals surface area (Å²) in [4.78, 5) is 17.4. The van der Waals surface area contributed by atoms with Gasteiger partial charge >= 0.3 is 0 Å². The number of amides is 1. The van der Waals surface area contributed by atoms with Gasteiger partial charge < -0.3 is 4.90 Å². The second-order valence-electron chi connectivity index (χ2n) is 4.42. The monoisotopic (exact) mass is 328 g/mol. The molecule has 1 aromatic heterocycles. The Hall–Kier alpha value is -0.650. The van der Waals surface area contributed by atoms with Crippen LogP contribution in [0.25, 0.3) is 0 Å². The highest BCUT2D eigenvalue weighted by Gasteiger charge is 2.20. The Morgan fingerprint density at radius 1 is 1.39 bits per heavy atom. The Bertz CT molecular complexity index is 419. The van der Waals surface area contributed by atoms with Crippen molar-refractivity contribution in [3.63, 3.8) is 0 Å². The van der Waals surface area contributed by atoms with E-state index >= 15 is 0 Å². The first kappa shape index (κ1) is 13.8. The fourth-order valence-corrected chi connectivity index (χ4v) is 3.18. The summed E-state index contributed by atoms with van der Waals surface area (Å²) in [5.74, 6) is 0.171. The van der Waals surface area contributed by atoms with Crippen molar-refractivity contribution in [2.45, 2.75) is 6.42 Å². The Kier molecular flexibility index (Phi) is 4.97. The van der Waals surface area contributed by atoms with Crippen molar-refractivity contribution in [3.05, 3.63) is 33.5 Å². The standard InChI is InChI=1S/C13H17BrN2OS/c1-11(14)10-15-5-3-6-16(8-7-15)13(17)12-4-2-9-18-12/h2,4,9H,1,3,5-8,10H2. The van der Waals surface area contributed by atoms with Crippen molar-refractivity contribution in [1.82, 2.24) is 9.80 Å². The van der Waals surface area contributed by atoms with E-state index in [1.807, 2.05) is 22.4 Å². The lowest BCUT2D eigenvalue weighted by molar-refractivity contribution is 0.0767. The zero-order chi connectivity index (χ0) is 13.0. The predicted octanol–water partition coefficient (Wildman–Crippen LogP) is 2.80. The average molecular weight is 329 g/mol. The number of halogens is 1. The van der Waals surface area contributed by atoms with Gasteiger partial charge in [-0.2, -0.15) is 0 Å². The third-order valence-corrected chi connectivity index (χ3v) is 4.11. The molecule has 2 rings (SSSR count). The van der Waals surface area contributed by atoms with Crippen molar-refractivity contribution in [3.8, 4) is 0 Å². The maximum absolute atomic E-state index is 12.2. The first-order chi connectivity index (χ1) is 8.66. The molecule has 1 aromatic rings. The molecule has 1 fully saturated rings. The van der Waals surface area contributed by atoms with Gasteiger partial charge in [0.05, 0.1) is 4.88 Å². The van der Waals surface area contributed by atoms with Crippen molar-refractivity contribution in [2.24, 2.45) is 0 Å². The second kappa shape index (κ2) is 6.50. The minimum Gasteiger partial charge on any atom is -0.337 e. The molecule has 5 heteroatoms. The average Bonchev–Trinajstić information content (AvgIpc) is 2.76. The SMILES string of the molecule is C=C(Br)CN1CCCN(C(=O)c2cccs2)CC1. The third-order valence-electron chi connectivity index (χ3n) is 3.00. The molecule has 1 aliphatic heterocycles. The molecule has 2 heterocycles. The summed E-state index contributed by atoms with van der Waals surface area (Å²) in [5.41, 5.74) is 0. The molecule has 0 aromatic carbocycles. The van der Waals surface area contributed by atoms with Crippen molar-refractivity contribution < 1.29 is 4.79 Å². The van der Waals surface area contributed by atoms with Crippen LogP contribution in [0.1, 0.15) is 16.1 Å². The van der Waals surface area contributed by atoms with Crippen LogP contribution in [-0.2, 0) is 0 Å². The topological polar surface area (TPSA) is 23.6 Å². The predicted molar refractivity (Wildman–Crippen MR) is 79.3 cm³/mol. The quantitative estimate of drug-likeness (QED) is 0.851. The van der Waals surface area contributed by atoms with Crippen LogP contribution in [0.2, 0.25) is 0 Å². The highest BCUT2D eigenvalue weighted by Crippen LogP contribution is 2.14. The zero-order valence-electron chi connectivity index (χ0n) is 10.3. The molecule has 1 aliphatic rings. The molecule has 0 spiro atoms. The molecular formula is C13H17BrN2OS. The molecule has 0 unspecified atom stereocenters. The van der Waals surface area contributed by atoms with E-state index in [0.717, 1.165) is 48.5 Å². The van der Waals surface area contributed by atoms with Gasteiger partial charge in [0.1, 0.15) is 0 Å². The molecule has 0 aliphatic carbocycles. The summed E-state index contributed by atoms with van der Waals surface area (Å²) in [5, 5.41) is 1.95. The maximum atomic E-state index is 12.2. The maximum Gasteiger partial charge on any atom is 0.263 e. The van der Waals surface area contributed by atoms with Crippen LogP contribution < -0.4 is 0 Å². The van der Waals surface area contributed by atoms with E-state index in [4.69, 9.17) is 0 Å². The van der Waals surface area contributed by atoms with E-state index in [-0.39, 0.29) is 5.91 Å². The summed E-state index contributed by atoms with van der Waals surface area (Å²) in [7, 11) is 0. The van der Waals surface area contributed by atoms with Crippen LogP contribution in [0.15, 0.2) is 28.6 Å². The molecule has 0 saturated carbocycles. The molecule has 1 amide bonds. The summed E-state index contributed by atoms with van der Waals surface area (Å²) < 4.78 is 1.00. The Morgan fingerprint density at radius 2 is 2.22 bits per heavy atom. The van der Waals surface area contributed by atoms with Gasteiger partial charge in [-0.1, -0.05) is 28.6 Å².